The minimum absolute atomic E-state index is 0.446. The summed E-state index contributed by atoms with van der Waals surface area (Å²) in [5, 5.41) is 6.79. The highest BCUT2D eigenvalue weighted by Gasteiger charge is 2.17. The van der Waals surface area contributed by atoms with Crippen LogP contribution in [0.15, 0.2) is 23.7 Å². The van der Waals surface area contributed by atoms with Crippen LogP contribution in [0.25, 0.3) is 10.6 Å². The third-order valence-corrected chi connectivity index (χ3v) is 4.26. The first kappa shape index (κ1) is 11.8. The van der Waals surface area contributed by atoms with Crippen molar-refractivity contribution in [2.75, 3.05) is 6.54 Å². The molecule has 3 heterocycles. The van der Waals surface area contributed by atoms with Gasteiger partial charge in [-0.05, 0) is 38.4 Å². The molecule has 1 fully saturated rings. The minimum Gasteiger partial charge on any atom is -0.309 e. The van der Waals surface area contributed by atoms with Crippen molar-refractivity contribution in [1.82, 2.24) is 15.3 Å². The molecular formula is C14H17N3S. The van der Waals surface area contributed by atoms with Gasteiger partial charge in [0.1, 0.15) is 5.01 Å². The van der Waals surface area contributed by atoms with Crippen molar-refractivity contribution < 1.29 is 0 Å². The lowest BCUT2D eigenvalue weighted by molar-refractivity contribution is 0.407. The summed E-state index contributed by atoms with van der Waals surface area (Å²) >= 11 is 1.71. The number of pyridine rings is 1. The highest BCUT2D eigenvalue weighted by molar-refractivity contribution is 7.13. The van der Waals surface area contributed by atoms with Crippen LogP contribution >= 0.6 is 11.3 Å². The number of aryl methyl sites for hydroxylation is 1. The maximum absolute atomic E-state index is 4.75. The molecule has 18 heavy (non-hydrogen) atoms. The molecule has 1 saturated heterocycles. The second-order valence-electron chi connectivity index (χ2n) is 4.77. The summed E-state index contributed by atoms with van der Waals surface area (Å²) in [5.74, 6) is 0. The van der Waals surface area contributed by atoms with E-state index in [0.717, 1.165) is 22.8 Å². The molecule has 1 atom stereocenters. The second-order valence-corrected chi connectivity index (χ2v) is 5.63. The maximum atomic E-state index is 4.75. The van der Waals surface area contributed by atoms with Crippen LogP contribution in [0.1, 0.15) is 36.7 Å². The van der Waals surface area contributed by atoms with E-state index in [0.29, 0.717) is 6.04 Å². The first-order valence-corrected chi connectivity index (χ1v) is 7.33. The Labute approximate surface area is 111 Å². The van der Waals surface area contributed by atoms with Gasteiger partial charge in [0.05, 0.1) is 11.7 Å². The van der Waals surface area contributed by atoms with Gasteiger partial charge in [-0.3, -0.25) is 4.98 Å². The molecule has 1 aliphatic heterocycles. The molecule has 0 spiro atoms. The van der Waals surface area contributed by atoms with Gasteiger partial charge in [0.2, 0.25) is 0 Å². The predicted octanol–water partition coefficient (Wildman–Crippen LogP) is 3.33. The lowest BCUT2D eigenvalue weighted by Gasteiger charge is -2.21. The predicted molar refractivity (Wildman–Crippen MR) is 74.7 cm³/mol. The standard InChI is InChI=1S/C14H17N3S/c1-10-5-6-11(8-16-10)14-17-13(9-18-14)12-4-2-3-7-15-12/h5-6,8-9,12,15H,2-4,7H2,1H3. The smallest absolute Gasteiger partial charge is 0.125 e. The van der Waals surface area contributed by atoms with Crippen LogP contribution in [0, 0.1) is 6.92 Å². The molecule has 0 radical (unpaired) electrons. The molecule has 1 unspecified atom stereocenters. The third-order valence-electron chi connectivity index (χ3n) is 3.35. The Morgan fingerprint density at radius 1 is 1.33 bits per heavy atom. The number of thiazole rings is 1. The van der Waals surface area contributed by atoms with Gasteiger partial charge < -0.3 is 5.32 Å². The fourth-order valence-electron chi connectivity index (χ4n) is 2.28. The van der Waals surface area contributed by atoms with E-state index in [1.807, 2.05) is 19.2 Å². The average molecular weight is 259 g/mol. The Hall–Kier alpha value is -1.26. The summed E-state index contributed by atoms with van der Waals surface area (Å²) in [4.78, 5) is 9.08. The van der Waals surface area contributed by atoms with E-state index >= 15 is 0 Å². The minimum atomic E-state index is 0.446. The highest BCUT2D eigenvalue weighted by Crippen LogP contribution is 2.29. The van der Waals surface area contributed by atoms with Gasteiger partial charge in [0.25, 0.3) is 0 Å². The van der Waals surface area contributed by atoms with Crippen LogP contribution in [-0.2, 0) is 0 Å². The molecule has 3 nitrogen and oxygen atoms in total. The second kappa shape index (κ2) is 5.16. The zero-order chi connectivity index (χ0) is 12.4. The largest absolute Gasteiger partial charge is 0.309 e. The van der Waals surface area contributed by atoms with E-state index in [-0.39, 0.29) is 0 Å². The van der Waals surface area contributed by atoms with Gasteiger partial charge in [-0.15, -0.1) is 11.3 Å². The zero-order valence-electron chi connectivity index (χ0n) is 10.5. The summed E-state index contributed by atoms with van der Waals surface area (Å²) in [5.41, 5.74) is 3.35. The first-order valence-electron chi connectivity index (χ1n) is 6.45. The van der Waals surface area contributed by atoms with Gasteiger partial charge in [-0.1, -0.05) is 6.42 Å². The Balaban J connectivity index is 1.82. The van der Waals surface area contributed by atoms with Gasteiger partial charge >= 0.3 is 0 Å². The van der Waals surface area contributed by atoms with Gasteiger partial charge in [-0.2, -0.15) is 0 Å². The summed E-state index contributed by atoms with van der Waals surface area (Å²) < 4.78 is 0. The highest BCUT2D eigenvalue weighted by atomic mass is 32.1. The van der Waals surface area contributed by atoms with Crippen molar-refractivity contribution in [3.05, 3.63) is 35.1 Å². The number of piperidine rings is 1. The number of hydrogen-bond acceptors (Lipinski definition) is 4. The van der Waals surface area contributed by atoms with Gasteiger partial charge in [0, 0.05) is 22.8 Å². The Kier molecular flexibility index (Phi) is 3.39. The Morgan fingerprint density at radius 3 is 3.00 bits per heavy atom. The number of nitrogens with zero attached hydrogens (tertiary/aromatic N) is 2. The van der Waals surface area contributed by atoms with Crippen molar-refractivity contribution in [1.29, 1.82) is 0 Å². The Bertz CT molecular complexity index is 512. The fraction of sp³-hybridized carbons (Fsp3) is 0.429. The molecule has 0 aliphatic carbocycles. The topological polar surface area (TPSA) is 37.8 Å². The monoisotopic (exact) mass is 259 g/mol. The normalized spacial score (nSPS) is 19.9. The van der Waals surface area contributed by atoms with Crippen LogP contribution in [0.3, 0.4) is 0 Å². The van der Waals surface area contributed by atoms with Crippen molar-refractivity contribution >= 4 is 11.3 Å². The summed E-state index contributed by atoms with van der Waals surface area (Å²) in [6.45, 7) is 3.12. The average Bonchev–Trinajstić information content (AvgIpc) is 2.90. The van der Waals surface area contributed by atoms with Crippen molar-refractivity contribution in [2.24, 2.45) is 0 Å². The summed E-state index contributed by atoms with van der Waals surface area (Å²) in [6, 6.07) is 4.58. The first-order chi connectivity index (χ1) is 8.83. The van der Waals surface area contributed by atoms with Crippen molar-refractivity contribution in [3.8, 4) is 10.6 Å². The maximum Gasteiger partial charge on any atom is 0.125 e. The van der Waals surface area contributed by atoms with Gasteiger partial charge in [0.15, 0.2) is 0 Å². The van der Waals surface area contributed by atoms with Crippen LogP contribution in [0.4, 0.5) is 0 Å². The molecule has 0 saturated carbocycles. The van der Waals surface area contributed by atoms with E-state index in [9.17, 15) is 0 Å². The van der Waals surface area contributed by atoms with Crippen molar-refractivity contribution in [2.45, 2.75) is 32.2 Å². The number of hydrogen-bond donors (Lipinski definition) is 1. The van der Waals surface area contributed by atoms with E-state index in [2.05, 4.69) is 21.7 Å². The molecule has 4 heteroatoms. The molecule has 2 aromatic rings. The molecular weight excluding hydrogens is 242 g/mol. The lowest BCUT2D eigenvalue weighted by Crippen LogP contribution is -2.26. The van der Waals surface area contributed by atoms with E-state index in [1.165, 1.54) is 25.0 Å². The molecule has 0 aromatic carbocycles. The quantitative estimate of drug-likeness (QED) is 0.899. The van der Waals surface area contributed by atoms with Crippen molar-refractivity contribution in [3.63, 3.8) is 0 Å². The molecule has 1 N–H and O–H groups in total. The third kappa shape index (κ3) is 2.44. The van der Waals surface area contributed by atoms with Crippen LogP contribution in [-0.4, -0.2) is 16.5 Å². The Morgan fingerprint density at radius 2 is 2.28 bits per heavy atom. The molecule has 94 valence electrons. The number of rotatable bonds is 2. The molecule has 0 amide bonds. The van der Waals surface area contributed by atoms with Crippen LogP contribution in [0.5, 0.6) is 0 Å². The lowest BCUT2D eigenvalue weighted by atomic mass is 10.0. The van der Waals surface area contributed by atoms with E-state index in [4.69, 9.17) is 4.98 Å². The van der Waals surface area contributed by atoms with Gasteiger partial charge in [-0.25, -0.2) is 4.98 Å². The fourth-order valence-corrected chi connectivity index (χ4v) is 3.14. The van der Waals surface area contributed by atoms with E-state index < -0.39 is 0 Å². The van der Waals surface area contributed by atoms with E-state index in [1.54, 1.807) is 11.3 Å². The molecule has 0 bridgehead atoms. The van der Waals surface area contributed by atoms with Crippen LogP contribution < -0.4 is 5.32 Å². The molecule has 2 aromatic heterocycles. The number of aromatic nitrogens is 2. The SMILES string of the molecule is Cc1ccc(-c2nc(C3CCCCN3)cs2)cn1. The molecule has 3 rings (SSSR count). The summed E-state index contributed by atoms with van der Waals surface area (Å²) in [6.07, 6.45) is 5.70. The zero-order valence-corrected chi connectivity index (χ0v) is 11.3. The van der Waals surface area contributed by atoms with Crippen LogP contribution in [0.2, 0.25) is 0 Å². The summed E-state index contributed by atoms with van der Waals surface area (Å²) in [7, 11) is 0. The molecule has 1 aliphatic rings. The number of nitrogens with one attached hydrogen (secondary N) is 1.